The number of hydrogen-bond acceptors (Lipinski definition) is 15. The Labute approximate surface area is 567 Å². The first kappa shape index (κ1) is 90.5. The molecule has 0 heterocycles. The van der Waals surface area contributed by atoms with Gasteiger partial charge in [0.25, 0.3) is 0 Å². The Morgan fingerprint density at radius 2 is 0.634 bits per heavy atom. The Morgan fingerprint density at radius 1 is 0.355 bits per heavy atom. The van der Waals surface area contributed by atoms with Gasteiger partial charge in [0.1, 0.15) is 19.3 Å². The van der Waals surface area contributed by atoms with Crippen LogP contribution in [0.25, 0.3) is 0 Å². The number of carbonyl (C=O) groups excluding carboxylic acids is 4. The van der Waals surface area contributed by atoms with Crippen LogP contribution in [0.5, 0.6) is 0 Å². The summed E-state index contributed by atoms with van der Waals surface area (Å²) in [6.45, 7) is 11.8. The fourth-order valence-corrected chi connectivity index (χ4v) is 12.2. The number of aliphatic hydroxyl groups excluding tert-OH is 1. The maximum atomic E-state index is 13.1. The zero-order valence-corrected chi connectivity index (χ0v) is 62.0. The van der Waals surface area contributed by atoms with Crippen molar-refractivity contribution in [1.82, 2.24) is 0 Å². The van der Waals surface area contributed by atoms with Gasteiger partial charge in [-0.2, -0.15) is 0 Å². The second kappa shape index (κ2) is 64.2. The van der Waals surface area contributed by atoms with E-state index in [-0.39, 0.29) is 25.7 Å². The third kappa shape index (κ3) is 65.3. The molecule has 0 saturated carbocycles. The average molecular weight is 1360 g/mol. The smallest absolute Gasteiger partial charge is 0.462 e. The Morgan fingerprint density at radius 3 is 0.957 bits per heavy atom. The minimum atomic E-state index is -4.96. The Hall–Kier alpha value is -2.46. The number of rotatable bonds is 70. The summed E-state index contributed by atoms with van der Waals surface area (Å²) in [5, 5.41) is 10.6. The number of ether oxygens (including phenoxy) is 4. The number of phosphoric ester groups is 2. The number of unbranched alkanes of at least 4 members (excludes halogenated alkanes) is 33. The van der Waals surface area contributed by atoms with Gasteiger partial charge in [-0.05, 0) is 69.1 Å². The lowest BCUT2D eigenvalue weighted by molar-refractivity contribution is -0.161. The molecule has 0 aliphatic rings. The molecule has 0 saturated heterocycles. The molecule has 0 aromatic carbocycles. The first-order chi connectivity index (χ1) is 44.8. The van der Waals surface area contributed by atoms with Crippen LogP contribution in [0, 0.1) is 17.8 Å². The number of esters is 4. The molecule has 0 rings (SSSR count). The molecule has 5 unspecified atom stereocenters. The van der Waals surface area contributed by atoms with Crippen molar-refractivity contribution in [1.29, 1.82) is 0 Å². The molecular formula is C74H140O17P2. The Kier molecular flexibility index (Phi) is 62.5. The van der Waals surface area contributed by atoms with E-state index in [0.717, 1.165) is 121 Å². The summed E-state index contributed by atoms with van der Waals surface area (Å²) in [4.78, 5) is 72.6. The van der Waals surface area contributed by atoms with E-state index in [1.165, 1.54) is 141 Å². The minimum absolute atomic E-state index is 0.0847. The zero-order chi connectivity index (χ0) is 68.7. The fourth-order valence-electron chi connectivity index (χ4n) is 10.6. The summed E-state index contributed by atoms with van der Waals surface area (Å²) in [7, 11) is -9.92. The molecule has 0 amide bonds. The molecule has 3 N–H and O–H groups in total. The molecule has 0 radical (unpaired) electrons. The van der Waals surface area contributed by atoms with E-state index in [0.29, 0.717) is 31.6 Å². The first-order valence-corrected chi connectivity index (χ1v) is 40.7. The summed E-state index contributed by atoms with van der Waals surface area (Å²) < 4.78 is 68.3. The molecule has 0 bridgehead atoms. The van der Waals surface area contributed by atoms with Crippen molar-refractivity contribution in [3.8, 4) is 0 Å². The maximum absolute atomic E-state index is 13.1. The van der Waals surface area contributed by atoms with Crippen LogP contribution < -0.4 is 0 Å². The van der Waals surface area contributed by atoms with Crippen LogP contribution in [0.15, 0.2) is 24.3 Å². The highest BCUT2D eigenvalue weighted by Gasteiger charge is 2.30. The predicted octanol–water partition coefficient (Wildman–Crippen LogP) is 21.0. The number of aliphatic hydroxyl groups is 1. The topological polar surface area (TPSA) is 237 Å². The summed E-state index contributed by atoms with van der Waals surface area (Å²) in [5.41, 5.74) is 0. The lowest BCUT2D eigenvalue weighted by Gasteiger charge is -2.21. The van der Waals surface area contributed by atoms with E-state index in [1.807, 2.05) is 0 Å². The number of allylic oxidation sites excluding steroid dienone is 4. The normalized spacial score (nSPS) is 14.9. The maximum Gasteiger partial charge on any atom is 0.472 e. The first-order valence-electron chi connectivity index (χ1n) is 37.7. The third-order valence-electron chi connectivity index (χ3n) is 17.2. The molecular weight excluding hydrogens is 1220 g/mol. The molecule has 0 aliphatic heterocycles. The van der Waals surface area contributed by atoms with Crippen LogP contribution >= 0.6 is 15.6 Å². The molecule has 19 heteroatoms. The molecule has 17 nitrogen and oxygen atoms in total. The highest BCUT2D eigenvalue weighted by molar-refractivity contribution is 7.47. The highest BCUT2D eigenvalue weighted by atomic mass is 31.2. The van der Waals surface area contributed by atoms with E-state index in [4.69, 9.17) is 37.0 Å². The molecule has 0 aromatic heterocycles. The van der Waals surface area contributed by atoms with Gasteiger partial charge in [0.2, 0.25) is 0 Å². The Bertz CT molecular complexity index is 1920. The highest BCUT2D eigenvalue weighted by Crippen LogP contribution is 2.45. The van der Waals surface area contributed by atoms with Crippen LogP contribution in [0.1, 0.15) is 350 Å². The zero-order valence-electron chi connectivity index (χ0n) is 60.2. The van der Waals surface area contributed by atoms with Crippen LogP contribution in [0.3, 0.4) is 0 Å². The fraction of sp³-hybridized carbons (Fsp3) is 0.892. The van der Waals surface area contributed by atoms with Gasteiger partial charge in [0.05, 0.1) is 26.4 Å². The molecule has 0 aliphatic carbocycles. The van der Waals surface area contributed by atoms with Gasteiger partial charge in [-0.3, -0.25) is 37.3 Å². The van der Waals surface area contributed by atoms with Crippen molar-refractivity contribution in [2.24, 2.45) is 17.8 Å². The van der Waals surface area contributed by atoms with Gasteiger partial charge in [0, 0.05) is 25.7 Å². The van der Waals surface area contributed by atoms with Crippen molar-refractivity contribution in [3.05, 3.63) is 24.3 Å². The van der Waals surface area contributed by atoms with Crippen LogP contribution in [-0.4, -0.2) is 96.7 Å². The van der Waals surface area contributed by atoms with Crippen molar-refractivity contribution in [2.45, 2.75) is 369 Å². The van der Waals surface area contributed by atoms with Gasteiger partial charge in [-0.25, -0.2) is 9.13 Å². The summed E-state index contributed by atoms with van der Waals surface area (Å²) >= 11 is 0. The molecule has 93 heavy (non-hydrogen) atoms. The number of hydrogen-bond donors (Lipinski definition) is 3. The average Bonchev–Trinajstić information content (AvgIpc) is 3.73. The second-order valence-corrected chi connectivity index (χ2v) is 29.9. The van der Waals surface area contributed by atoms with Gasteiger partial charge >= 0.3 is 39.5 Å². The van der Waals surface area contributed by atoms with Crippen LogP contribution in [0.4, 0.5) is 0 Å². The van der Waals surface area contributed by atoms with Crippen molar-refractivity contribution < 1.29 is 80.2 Å². The molecule has 0 aromatic rings. The lowest BCUT2D eigenvalue weighted by atomic mass is 9.99. The summed E-state index contributed by atoms with van der Waals surface area (Å²) in [6.07, 6.45) is 52.3. The second-order valence-electron chi connectivity index (χ2n) is 27.0. The van der Waals surface area contributed by atoms with Gasteiger partial charge < -0.3 is 33.8 Å². The molecule has 7 atom stereocenters. The Balaban J connectivity index is 5.26. The quantitative estimate of drug-likeness (QED) is 0.0169. The van der Waals surface area contributed by atoms with Crippen molar-refractivity contribution in [3.63, 3.8) is 0 Å². The monoisotopic (exact) mass is 1360 g/mol. The van der Waals surface area contributed by atoms with Crippen molar-refractivity contribution >= 4 is 39.5 Å². The van der Waals surface area contributed by atoms with E-state index < -0.39 is 97.5 Å². The summed E-state index contributed by atoms with van der Waals surface area (Å²) in [6, 6.07) is 0. The number of carbonyl (C=O) groups is 4. The van der Waals surface area contributed by atoms with Gasteiger partial charge in [0.15, 0.2) is 12.2 Å². The lowest BCUT2D eigenvalue weighted by Crippen LogP contribution is -2.30. The number of phosphoric acid groups is 2. The van der Waals surface area contributed by atoms with E-state index in [9.17, 15) is 43.2 Å². The molecule has 548 valence electrons. The van der Waals surface area contributed by atoms with E-state index in [2.05, 4.69) is 72.8 Å². The van der Waals surface area contributed by atoms with E-state index >= 15 is 0 Å². The molecule has 0 fully saturated rings. The van der Waals surface area contributed by atoms with E-state index in [1.54, 1.807) is 0 Å². The van der Waals surface area contributed by atoms with Gasteiger partial charge in [-0.15, -0.1) is 0 Å². The van der Waals surface area contributed by atoms with Crippen molar-refractivity contribution in [2.75, 3.05) is 39.6 Å². The van der Waals surface area contributed by atoms with Crippen LogP contribution in [-0.2, 0) is 65.4 Å². The largest absolute Gasteiger partial charge is 0.472 e. The van der Waals surface area contributed by atoms with Gasteiger partial charge in [-0.1, -0.05) is 297 Å². The predicted molar refractivity (Wildman–Crippen MR) is 377 cm³/mol. The summed E-state index contributed by atoms with van der Waals surface area (Å²) in [5.74, 6) is 0.114. The SMILES string of the molecule is CCCCCC/C=C\C=C/CCCCCCCC(=O)O[C@H](COC(=O)CCCCCCCCCCCCCCCCC(C)CC)COP(=O)(O)OCC(O)COP(=O)(O)OC[C@@H](COC(=O)CCCCCCCCCC(C)C)OC(=O)CCCCCCCCC(C)CC. The minimum Gasteiger partial charge on any atom is -0.462 e. The third-order valence-corrected chi connectivity index (χ3v) is 19.1. The van der Waals surface area contributed by atoms with Crippen LogP contribution in [0.2, 0.25) is 0 Å². The standard InChI is InChI=1S/C74H140O17P2/c1-8-11-12-13-14-15-16-17-18-23-26-29-34-43-50-57-73(78)90-69(61-84-71(76)55-48-41-33-28-25-22-20-19-21-24-27-32-39-46-53-66(6)9-2)63-88-92(80,81)86-59-68(75)60-87-93(82,83)89-64-70(91-74(79)58-51-44-37-36-40-47-54-67(7)10-3)62-85-72(77)56-49-42-35-30-31-38-45-52-65(4)5/h15-18,65-70,75H,8-14,19-64H2,1-7H3,(H,80,81)(H,82,83)/b16-15-,18-17-/t66?,67?,68?,69-,70-/m1/s1. The molecule has 0 spiro atoms.